The van der Waals surface area contributed by atoms with Crippen LogP contribution in [0.5, 0.6) is 17.2 Å². The van der Waals surface area contributed by atoms with E-state index in [1.165, 1.54) is 0 Å². The van der Waals surface area contributed by atoms with Crippen LogP contribution in [0, 0.1) is 0 Å². The maximum Gasteiger partial charge on any atom is 0.311 e. The van der Waals surface area contributed by atoms with Crippen molar-refractivity contribution in [1.29, 1.82) is 0 Å². The van der Waals surface area contributed by atoms with Gasteiger partial charge in [0.05, 0.1) is 19.3 Å². The number of benzene rings is 1. The first-order chi connectivity index (χ1) is 10.1. The van der Waals surface area contributed by atoms with Crippen molar-refractivity contribution in [3.05, 3.63) is 16.7 Å². The van der Waals surface area contributed by atoms with Gasteiger partial charge in [0.15, 0.2) is 0 Å². The summed E-state index contributed by atoms with van der Waals surface area (Å²) in [4.78, 5) is 34.7. The predicted molar refractivity (Wildman–Crippen MR) is 68.3 cm³/mol. The topological polar surface area (TPSA) is 78.9 Å². The van der Waals surface area contributed by atoms with E-state index in [2.05, 4.69) is 0 Å². The molecule has 0 spiro atoms. The van der Waals surface area contributed by atoms with Gasteiger partial charge in [0.1, 0.15) is 17.2 Å². The van der Waals surface area contributed by atoms with Crippen molar-refractivity contribution < 1.29 is 28.6 Å². The van der Waals surface area contributed by atoms with Gasteiger partial charge in [-0.25, -0.2) is 0 Å². The molecule has 0 saturated heterocycles. The molecule has 0 amide bonds. The molecule has 3 aliphatic rings. The Morgan fingerprint density at radius 2 is 0.762 bits per heavy atom. The average Bonchev–Trinajstić information content (AvgIpc) is 2.46. The molecule has 0 radical (unpaired) electrons. The normalized spacial score (nSPS) is 19.7. The SMILES string of the molecule is O=C1CCc2c(c3c(c4c2OC(=O)CC4)OC(=O)CC3)O1. The van der Waals surface area contributed by atoms with Crippen molar-refractivity contribution in [2.75, 3.05) is 0 Å². The molecule has 0 aromatic heterocycles. The monoisotopic (exact) mass is 288 g/mol. The summed E-state index contributed by atoms with van der Waals surface area (Å²) in [7, 11) is 0. The molecule has 4 rings (SSSR count). The number of fused-ring (bicyclic) bond motifs is 6. The summed E-state index contributed by atoms with van der Waals surface area (Å²) in [5.74, 6) is 0.308. The van der Waals surface area contributed by atoms with Gasteiger partial charge in [-0.15, -0.1) is 0 Å². The highest BCUT2D eigenvalue weighted by Gasteiger charge is 2.36. The quantitative estimate of drug-likeness (QED) is 0.528. The molecule has 21 heavy (non-hydrogen) atoms. The smallest absolute Gasteiger partial charge is 0.311 e. The summed E-state index contributed by atoms with van der Waals surface area (Å²) >= 11 is 0. The minimum atomic E-state index is -0.316. The van der Waals surface area contributed by atoms with Crippen LogP contribution in [-0.2, 0) is 33.6 Å². The maximum atomic E-state index is 11.6. The van der Waals surface area contributed by atoms with Gasteiger partial charge in [0.25, 0.3) is 0 Å². The highest BCUT2D eigenvalue weighted by Crippen LogP contribution is 2.49. The Morgan fingerprint density at radius 1 is 0.476 bits per heavy atom. The number of carbonyl (C=O) groups excluding carboxylic acids is 3. The van der Waals surface area contributed by atoms with E-state index < -0.39 is 0 Å². The lowest BCUT2D eigenvalue weighted by Gasteiger charge is -2.30. The summed E-state index contributed by atoms with van der Waals surface area (Å²) in [6.45, 7) is 0. The number of rotatable bonds is 0. The second kappa shape index (κ2) is 4.31. The summed E-state index contributed by atoms with van der Waals surface area (Å²) in [5.41, 5.74) is 2.23. The third-order valence-electron chi connectivity index (χ3n) is 4.03. The van der Waals surface area contributed by atoms with Crippen molar-refractivity contribution in [2.24, 2.45) is 0 Å². The third-order valence-corrected chi connectivity index (χ3v) is 4.03. The number of carbonyl (C=O) groups is 3. The maximum absolute atomic E-state index is 11.6. The van der Waals surface area contributed by atoms with Crippen LogP contribution in [0.25, 0.3) is 0 Å². The van der Waals surface area contributed by atoms with Gasteiger partial charge in [-0.05, 0) is 19.3 Å². The number of ether oxygens (including phenoxy) is 3. The van der Waals surface area contributed by atoms with Gasteiger partial charge >= 0.3 is 17.9 Å². The van der Waals surface area contributed by atoms with E-state index in [1.54, 1.807) is 0 Å². The van der Waals surface area contributed by atoms with Crippen LogP contribution in [-0.4, -0.2) is 17.9 Å². The van der Waals surface area contributed by atoms with Crippen molar-refractivity contribution in [3.8, 4) is 17.2 Å². The van der Waals surface area contributed by atoms with E-state index in [9.17, 15) is 14.4 Å². The number of esters is 3. The molecular weight excluding hydrogens is 276 g/mol. The molecule has 0 unspecified atom stereocenters. The molecule has 0 bridgehead atoms. The summed E-state index contributed by atoms with van der Waals surface area (Å²) in [6, 6.07) is 0. The highest BCUT2D eigenvalue weighted by molar-refractivity contribution is 5.85. The van der Waals surface area contributed by atoms with Gasteiger partial charge in [0, 0.05) is 16.7 Å². The Bertz CT molecular complexity index is 586. The molecule has 0 N–H and O–H groups in total. The molecule has 1 aromatic carbocycles. The molecule has 6 nitrogen and oxygen atoms in total. The third kappa shape index (κ3) is 1.82. The van der Waals surface area contributed by atoms with Gasteiger partial charge in [-0.2, -0.15) is 0 Å². The molecule has 0 saturated carbocycles. The van der Waals surface area contributed by atoms with Gasteiger partial charge < -0.3 is 14.2 Å². The molecular formula is C15H12O6. The summed E-state index contributed by atoms with van der Waals surface area (Å²) in [6.07, 6.45) is 2.21. The van der Waals surface area contributed by atoms with E-state index in [1.807, 2.05) is 0 Å². The van der Waals surface area contributed by atoms with Crippen LogP contribution < -0.4 is 14.2 Å². The van der Waals surface area contributed by atoms with Gasteiger partial charge in [-0.1, -0.05) is 0 Å². The molecule has 108 valence electrons. The Morgan fingerprint density at radius 3 is 1.05 bits per heavy atom. The second-order valence-corrected chi connectivity index (χ2v) is 5.35. The fourth-order valence-electron chi connectivity index (χ4n) is 3.08. The van der Waals surface area contributed by atoms with Crippen LogP contribution in [0.15, 0.2) is 0 Å². The number of hydrogen-bond donors (Lipinski definition) is 0. The molecule has 3 heterocycles. The van der Waals surface area contributed by atoms with Crippen LogP contribution in [0.3, 0.4) is 0 Å². The van der Waals surface area contributed by atoms with Crippen LogP contribution in [0.4, 0.5) is 0 Å². The Balaban J connectivity index is 1.98. The molecule has 3 aliphatic heterocycles. The second-order valence-electron chi connectivity index (χ2n) is 5.35. The van der Waals surface area contributed by atoms with Crippen LogP contribution in [0.1, 0.15) is 36.0 Å². The van der Waals surface area contributed by atoms with E-state index in [-0.39, 0.29) is 37.2 Å². The Hall–Kier alpha value is -2.37. The molecule has 0 atom stereocenters. The Labute approximate surface area is 120 Å². The summed E-state index contributed by atoms with van der Waals surface area (Å²) < 4.78 is 16.0. The minimum absolute atomic E-state index is 0.259. The highest BCUT2D eigenvalue weighted by atomic mass is 16.6. The molecule has 0 aliphatic carbocycles. The van der Waals surface area contributed by atoms with Crippen molar-refractivity contribution in [3.63, 3.8) is 0 Å². The van der Waals surface area contributed by atoms with E-state index in [0.717, 1.165) is 16.7 Å². The average molecular weight is 288 g/mol. The van der Waals surface area contributed by atoms with Crippen molar-refractivity contribution in [2.45, 2.75) is 38.5 Å². The lowest BCUT2D eigenvalue weighted by Crippen LogP contribution is -2.27. The zero-order valence-electron chi connectivity index (χ0n) is 11.2. The lowest BCUT2D eigenvalue weighted by atomic mass is 9.90. The predicted octanol–water partition coefficient (Wildman–Crippen LogP) is 1.24. The van der Waals surface area contributed by atoms with Crippen molar-refractivity contribution >= 4 is 17.9 Å². The summed E-state index contributed by atoms with van der Waals surface area (Å²) in [5, 5.41) is 0. The zero-order chi connectivity index (χ0) is 14.6. The van der Waals surface area contributed by atoms with Crippen molar-refractivity contribution in [1.82, 2.24) is 0 Å². The fourth-order valence-corrected chi connectivity index (χ4v) is 3.08. The van der Waals surface area contributed by atoms with E-state index in [4.69, 9.17) is 14.2 Å². The first kappa shape index (κ1) is 12.4. The first-order valence-corrected chi connectivity index (χ1v) is 6.96. The first-order valence-electron chi connectivity index (χ1n) is 6.96. The zero-order valence-corrected chi connectivity index (χ0v) is 11.2. The molecule has 6 heteroatoms. The standard InChI is InChI=1S/C15H12O6/c16-10-4-1-7-13(19-10)8-3-6-12(18)21-15(8)9-2-5-11(17)20-14(7)9/h1-6H2. The van der Waals surface area contributed by atoms with E-state index >= 15 is 0 Å². The van der Waals surface area contributed by atoms with Crippen LogP contribution in [0.2, 0.25) is 0 Å². The van der Waals surface area contributed by atoms with Crippen LogP contribution >= 0.6 is 0 Å². The molecule has 0 fully saturated rings. The van der Waals surface area contributed by atoms with Gasteiger partial charge in [0.2, 0.25) is 0 Å². The fraction of sp³-hybridized carbons (Fsp3) is 0.400. The van der Waals surface area contributed by atoms with E-state index in [0.29, 0.717) is 36.5 Å². The molecule has 1 aromatic rings. The minimum Gasteiger partial charge on any atom is -0.426 e. The largest absolute Gasteiger partial charge is 0.426 e. The van der Waals surface area contributed by atoms with Gasteiger partial charge in [-0.3, -0.25) is 14.4 Å². The Kier molecular flexibility index (Phi) is 2.54. The number of hydrogen-bond acceptors (Lipinski definition) is 6. The lowest BCUT2D eigenvalue weighted by molar-refractivity contribution is -0.135.